The number of hydrogen-bond donors (Lipinski definition) is 2. The van der Waals surface area contributed by atoms with E-state index in [-0.39, 0.29) is 11.5 Å². The van der Waals surface area contributed by atoms with Gasteiger partial charge < -0.3 is 5.32 Å². The third-order valence-electron chi connectivity index (χ3n) is 3.30. The minimum absolute atomic E-state index is 0.288. The number of benzene rings is 2. The van der Waals surface area contributed by atoms with E-state index >= 15 is 0 Å². The number of aromatic amines is 1. The lowest BCUT2D eigenvalue weighted by atomic mass is 10.1. The van der Waals surface area contributed by atoms with Crippen LogP contribution >= 0.6 is 0 Å². The van der Waals surface area contributed by atoms with Crippen LogP contribution in [-0.4, -0.2) is 21.1 Å². The maximum absolute atomic E-state index is 13.4. The van der Waals surface area contributed by atoms with Gasteiger partial charge in [-0.3, -0.25) is 9.89 Å². The minimum Gasteiger partial charge on any atom is -0.322 e. The Balaban J connectivity index is 1.76. The average molecular weight is 310 g/mol. The fourth-order valence-electron chi connectivity index (χ4n) is 2.25. The summed E-state index contributed by atoms with van der Waals surface area (Å²) in [5.74, 6) is 0.555. The van der Waals surface area contributed by atoms with Crippen molar-refractivity contribution in [3.63, 3.8) is 0 Å². The molecule has 23 heavy (non-hydrogen) atoms. The Labute approximate surface area is 132 Å². The molecule has 6 heteroatoms. The number of anilines is 1. The number of carbonyl (C=O) groups is 1. The van der Waals surface area contributed by atoms with Crippen LogP contribution in [-0.2, 0) is 0 Å². The average Bonchev–Trinajstić information content (AvgIpc) is 2.93. The van der Waals surface area contributed by atoms with E-state index in [1.165, 1.54) is 12.1 Å². The van der Waals surface area contributed by atoms with E-state index in [0.29, 0.717) is 17.1 Å². The predicted molar refractivity (Wildman–Crippen MR) is 85.6 cm³/mol. The van der Waals surface area contributed by atoms with E-state index in [2.05, 4.69) is 20.5 Å². The lowest BCUT2D eigenvalue weighted by molar-refractivity contribution is 0.102. The van der Waals surface area contributed by atoms with Gasteiger partial charge in [0.05, 0.1) is 0 Å². The van der Waals surface area contributed by atoms with Gasteiger partial charge in [-0.25, -0.2) is 9.37 Å². The normalized spacial score (nSPS) is 10.6. The van der Waals surface area contributed by atoms with Gasteiger partial charge in [0.2, 0.25) is 0 Å². The maximum Gasteiger partial charge on any atom is 0.255 e. The number of hydrogen-bond acceptors (Lipinski definition) is 3. The monoisotopic (exact) mass is 310 g/mol. The predicted octanol–water partition coefficient (Wildman–Crippen LogP) is 3.48. The molecular weight excluding hydrogens is 295 g/mol. The zero-order valence-corrected chi connectivity index (χ0v) is 12.7. The van der Waals surface area contributed by atoms with Crippen LogP contribution in [0, 0.1) is 19.7 Å². The number of nitrogens with one attached hydrogen (secondary N) is 2. The number of carbonyl (C=O) groups excluding carboxylic acids is 1. The number of halogens is 1. The topological polar surface area (TPSA) is 70.7 Å². The standard InChI is InChI=1S/C17H15FN4O/c1-10-7-13(9-14(18)8-10)17(23)20-15-5-3-12(4-6-15)16-19-11(2)21-22-16/h3-9H,1-2H3,(H,20,23)(H,19,21,22). The zero-order valence-electron chi connectivity index (χ0n) is 12.7. The Morgan fingerprint density at radius 3 is 2.48 bits per heavy atom. The second kappa shape index (κ2) is 6.00. The van der Waals surface area contributed by atoms with Crippen molar-refractivity contribution in [1.82, 2.24) is 15.2 Å². The van der Waals surface area contributed by atoms with Crippen molar-refractivity contribution in [3.05, 3.63) is 65.2 Å². The van der Waals surface area contributed by atoms with E-state index in [1.54, 1.807) is 25.1 Å². The Bertz CT molecular complexity index is 835. The van der Waals surface area contributed by atoms with Crippen LogP contribution in [0.1, 0.15) is 21.7 Å². The van der Waals surface area contributed by atoms with Crippen molar-refractivity contribution in [2.24, 2.45) is 0 Å². The molecule has 1 heterocycles. The van der Waals surface area contributed by atoms with E-state index < -0.39 is 5.82 Å². The van der Waals surface area contributed by atoms with E-state index in [4.69, 9.17) is 0 Å². The molecule has 0 aliphatic rings. The summed E-state index contributed by atoms with van der Waals surface area (Å²) >= 11 is 0. The molecule has 0 unspecified atom stereocenters. The summed E-state index contributed by atoms with van der Waals surface area (Å²) in [4.78, 5) is 16.4. The third-order valence-corrected chi connectivity index (χ3v) is 3.30. The first kappa shape index (κ1) is 14.9. The molecule has 0 saturated carbocycles. The van der Waals surface area contributed by atoms with Gasteiger partial charge in [0, 0.05) is 16.8 Å². The molecule has 0 atom stereocenters. The van der Waals surface area contributed by atoms with Gasteiger partial charge >= 0.3 is 0 Å². The highest BCUT2D eigenvalue weighted by atomic mass is 19.1. The van der Waals surface area contributed by atoms with Crippen molar-refractivity contribution in [1.29, 1.82) is 0 Å². The molecule has 5 nitrogen and oxygen atoms in total. The molecule has 2 aromatic carbocycles. The number of amides is 1. The van der Waals surface area contributed by atoms with Crippen LogP contribution in [0.15, 0.2) is 42.5 Å². The number of aryl methyl sites for hydroxylation is 2. The van der Waals surface area contributed by atoms with Crippen molar-refractivity contribution in [3.8, 4) is 11.4 Å². The van der Waals surface area contributed by atoms with E-state index in [1.807, 2.05) is 19.1 Å². The highest BCUT2D eigenvalue weighted by Gasteiger charge is 2.09. The number of H-pyrrole nitrogens is 1. The first-order chi connectivity index (χ1) is 11.0. The van der Waals surface area contributed by atoms with Crippen molar-refractivity contribution >= 4 is 11.6 Å². The zero-order chi connectivity index (χ0) is 16.4. The lowest BCUT2D eigenvalue weighted by Crippen LogP contribution is -2.12. The van der Waals surface area contributed by atoms with Crippen LogP contribution in [0.2, 0.25) is 0 Å². The maximum atomic E-state index is 13.4. The van der Waals surface area contributed by atoms with Gasteiger partial charge in [0.15, 0.2) is 5.82 Å². The molecule has 0 radical (unpaired) electrons. The summed E-state index contributed by atoms with van der Waals surface area (Å²) in [5.41, 5.74) is 2.45. The number of aromatic nitrogens is 3. The molecule has 3 aromatic rings. The Kier molecular flexibility index (Phi) is 3.89. The smallest absolute Gasteiger partial charge is 0.255 e. The molecule has 0 spiro atoms. The number of nitrogens with zero attached hydrogens (tertiary/aromatic N) is 2. The minimum atomic E-state index is -0.425. The van der Waals surface area contributed by atoms with Gasteiger partial charge in [0.1, 0.15) is 11.6 Å². The van der Waals surface area contributed by atoms with Gasteiger partial charge in [0.25, 0.3) is 5.91 Å². The fourth-order valence-corrected chi connectivity index (χ4v) is 2.25. The second-order valence-corrected chi connectivity index (χ2v) is 5.29. The Hall–Kier alpha value is -3.02. The van der Waals surface area contributed by atoms with Gasteiger partial charge in [-0.15, -0.1) is 0 Å². The van der Waals surface area contributed by atoms with Gasteiger partial charge in [-0.05, 0) is 61.9 Å². The summed E-state index contributed by atoms with van der Waals surface area (Å²) < 4.78 is 13.4. The molecule has 2 N–H and O–H groups in total. The summed E-state index contributed by atoms with van der Waals surface area (Å²) in [5, 5.41) is 9.60. The molecule has 1 aromatic heterocycles. The SMILES string of the molecule is Cc1cc(F)cc(C(=O)Nc2ccc(-c3n[nH]c(C)n3)cc2)c1. The van der Waals surface area contributed by atoms with Crippen LogP contribution in [0.3, 0.4) is 0 Å². The van der Waals surface area contributed by atoms with Gasteiger partial charge in [-0.1, -0.05) is 0 Å². The second-order valence-electron chi connectivity index (χ2n) is 5.29. The van der Waals surface area contributed by atoms with Crippen LogP contribution < -0.4 is 5.32 Å². The lowest BCUT2D eigenvalue weighted by Gasteiger charge is -2.07. The fraction of sp³-hybridized carbons (Fsp3) is 0.118. The first-order valence-electron chi connectivity index (χ1n) is 7.09. The third kappa shape index (κ3) is 3.42. The Morgan fingerprint density at radius 2 is 1.87 bits per heavy atom. The highest BCUT2D eigenvalue weighted by Crippen LogP contribution is 2.18. The van der Waals surface area contributed by atoms with E-state index in [9.17, 15) is 9.18 Å². The van der Waals surface area contributed by atoms with Gasteiger partial charge in [-0.2, -0.15) is 5.10 Å². The molecule has 0 aliphatic heterocycles. The largest absolute Gasteiger partial charge is 0.322 e. The Morgan fingerprint density at radius 1 is 1.13 bits per heavy atom. The first-order valence-corrected chi connectivity index (χ1v) is 7.09. The molecule has 116 valence electrons. The van der Waals surface area contributed by atoms with Crippen molar-refractivity contribution in [2.45, 2.75) is 13.8 Å². The quantitative estimate of drug-likeness (QED) is 0.778. The molecular formula is C17H15FN4O. The summed E-state index contributed by atoms with van der Waals surface area (Å²) in [6, 6.07) is 11.4. The number of rotatable bonds is 3. The van der Waals surface area contributed by atoms with Crippen LogP contribution in [0.5, 0.6) is 0 Å². The molecule has 0 aliphatic carbocycles. The van der Waals surface area contributed by atoms with Crippen molar-refractivity contribution in [2.75, 3.05) is 5.32 Å². The van der Waals surface area contributed by atoms with E-state index in [0.717, 1.165) is 11.4 Å². The summed E-state index contributed by atoms with van der Waals surface area (Å²) in [6.07, 6.45) is 0. The molecule has 3 rings (SSSR count). The molecule has 0 bridgehead atoms. The van der Waals surface area contributed by atoms with Crippen LogP contribution in [0.25, 0.3) is 11.4 Å². The molecule has 0 saturated heterocycles. The molecule has 1 amide bonds. The summed E-state index contributed by atoms with van der Waals surface area (Å²) in [6.45, 7) is 3.57. The highest BCUT2D eigenvalue weighted by molar-refractivity contribution is 6.04. The molecule has 0 fully saturated rings. The van der Waals surface area contributed by atoms with Crippen molar-refractivity contribution < 1.29 is 9.18 Å². The van der Waals surface area contributed by atoms with Crippen LogP contribution in [0.4, 0.5) is 10.1 Å². The summed E-state index contributed by atoms with van der Waals surface area (Å²) in [7, 11) is 0.